The maximum Gasteiger partial charge on any atom is 0.243 e. The second-order valence-electron chi connectivity index (χ2n) is 39.4. The molecule has 726 valence electrons. The Labute approximate surface area is 765 Å². The van der Waals surface area contributed by atoms with Crippen molar-refractivity contribution in [2.45, 2.75) is 321 Å². The van der Waals surface area contributed by atoms with Crippen LogP contribution in [0.25, 0.3) is 0 Å². The maximum atomic E-state index is 14.0. The molecule has 4 saturated carbocycles. The number of hydrogen-bond acceptors (Lipinski definition) is 24. The second-order valence-corrected chi connectivity index (χ2v) is 43.3. The van der Waals surface area contributed by atoms with Gasteiger partial charge in [0.1, 0.15) is 24.2 Å². The third-order valence-electron chi connectivity index (χ3n) is 27.6. The van der Waals surface area contributed by atoms with Crippen LogP contribution in [0.1, 0.15) is 197 Å². The van der Waals surface area contributed by atoms with Crippen LogP contribution >= 0.6 is 0 Å². The SMILES string of the molecule is CC(=O)N[C@H]1CC[C@H](C(=O)N[C@@H]2C[C@@H](C(=O)N[C@H]3CN[C@H](C(=O)N4CCC[C@@H]4C(=O)NC(C)(C)CNC(=O)[C@H]4CC[C@H](NC(=O)[C@@H]5C[C@@H](NC(=O)[C@@H]6C[C@@H](NC(C)=O)CN6)CN5S(=O)(=O)c5ccccc5)C4)C3)N(S(C)(=O)=O)C2)C1.CC(=O)N[C@H]1CC[C@H](C(=O)N[C@H]2CN[C@H](C(=O)N3CCC[C@@H]3C(=O)NC(C)(C)CNC(=O)[C@H]3CC[C@H](NC(=O)[C@@H]4C[C@@H](NC(C)=O)CN4)C3)C2)C1. The molecule has 18 N–H and O–H groups in total. The van der Waals surface area contributed by atoms with E-state index in [1.165, 1.54) is 44.7 Å². The Kier molecular flexibility index (Phi) is 33.4. The minimum absolute atomic E-state index is 0.000693. The molecule has 13 rings (SSSR count). The van der Waals surface area contributed by atoms with E-state index < -0.39 is 121 Å². The topological polar surface area (TPSA) is 571 Å². The summed E-state index contributed by atoms with van der Waals surface area (Å²) in [6, 6.07) is -1.09. The highest BCUT2D eigenvalue weighted by Gasteiger charge is 2.51. The molecule has 4 aliphatic carbocycles. The molecule has 22 atom stereocenters. The summed E-state index contributed by atoms with van der Waals surface area (Å²) in [6.45, 7) is 15.4. The average Bonchev–Trinajstić information content (AvgIpc) is 1.66. The summed E-state index contributed by atoms with van der Waals surface area (Å²) in [6.07, 6.45) is 11.7. The first kappa shape index (κ1) is 100. The Bertz CT molecular complexity index is 4670. The minimum Gasteiger partial charge on any atom is -0.354 e. The molecule has 16 amide bonds. The number of nitrogens with one attached hydrogen (secondary N) is 18. The molecule has 12 fully saturated rings. The lowest BCUT2D eigenvalue weighted by Crippen LogP contribution is -2.58. The molecule has 1 aromatic rings. The molecular weight excluding hydrogens is 1740 g/mol. The number of carbonyl (C=O) groups is 16. The lowest BCUT2D eigenvalue weighted by Gasteiger charge is -2.32. The van der Waals surface area contributed by atoms with Crippen molar-refractivity contribution in [2.24, 2.45) is 23.7 Å². The van der Waals surface area contributed by atoms with Crippen molar-refractivity contribution in [3.63, 3.8) is 0 Å². The maximum absolute atomic E-state index is 14.0. The first-order valence-electron chi connectivity index (χ1n) is 46.6. The van der Waals surface area contributed by atoms with Gasteiger partial charge in [-0.05, 0) is 181 Å². The van der Waals surface area contributed by atoms with E-state index in [9.17, 15) is 93.5 Å². The highest BCUT2D eigenvalue weighted by molar-refractivity contribution is 7.89. The quantitative estimate of drug-likeness (QED) is 0.0331. The van der Waals surface area contributed by atoms with Crippen LogP contribution in [0.15, 0.2) is 35.2 Å². The van der Waals surface area contributed by atoms with E-state index >= 15 is 0 Å². The standard InChI is InChI=1S/C52H79N13O13S2.C35H57N9O7/c1-29(66)56-33-15-14-32(19-33)46(69)60-37-22-43(64(26-37)79(5,75)76)48(71)59-36-21-41(54-25-36)51(74)63-17-9-12-42(63)50(73)62-52(3,4)28-55-45(68)31-13-16-34(18-31)58-49(72)44-23-38(27-65(44)80(77,78)39-10-7-6-8-11-39)61-47(70)40-20-35(24-53-40)57-30(2)67;1-19(45)39-23-9-8-22(13-23)31(48)42-26-15-28(37-17-26)34(51)44-11-5-6-29(44)33(50)43-35(3,4)18-38-30(47)21-7-10-24(12-21)41-32(49)27-14-25(16-36-27)40-20(2)46/h6-8,10-11,31-38,40-44,53-54H,9,12-28H2,1-5H3,(H,55,68)(H,56,66)(H,57,67)(H,58,72)(H,59,71)(H,60,69)(H,61,70)(H,62,73);21-29,36-37H,5-18H2,1-4H3,(H,38,47)(H,39,45)(H,40,46)(H,41,49)(H,42,48)(H,43,50)/t31-,32-,33-,34-,35+,36+,37+,38+,40-,41-,42+,43-,44-;21-,22-,23-,24-,25+,26+,27-,28-,29+/m00/s1. The van der Waals surface area contributed by atoms with Gasteiger partial charge in [-0.15, -0.1) is 0 Å². The fourth-order valence-corrected chi connectivity index (χ4v) is 23.8. The molecule has 0 spiro atoms. The summed E-state index contributed by atoms with van der Waals surface area (Å²) in [5.41, 5.74) is -1.72. The smallest absolute Gasteiger partial charge is 0.243 e. The summed E-state index contributed by atoms with van der Waals surface area (Å²) in [4.78, 5) is 210. The first-order chi connectivity index (χ1) is 61.9. The monoisotopic (exact) mass is 1870 g/mol. The fourth-order valence-electron chi connectivity index (χ4n) is 21.0. The van der Waals surface area contributed by atoms with Gasteiger partial charge in [0.2, 0.25) is 115 Å². The number of rotatable bonds is 31. The number of benzene rings is 1. The Morgan fingerprint density at radius 2 is 0.649 bits per heavy atom. The predicted octanol–water partition coefficient (Wildman–Crippen LogP) is -4.95. The number of carbonyl (C=O) groups excluding carboxylic acids is 16. The van der Waals surface area contributed by atoms with E-state index in [2.05, 4.69) is 95.7 Å². The molecule has 8 heterocycles. The highest BCUT2D eigenvalue weighted by atomic mass is 32.2. The zero-order valence-electron chi connectivity index (χ0n) is 76.5. The molecule has 12 aliphatic rings. The van der Waals surface area contributed by atoms with Crippen molar-refractivity contribution in [1.29, 1.82) is 0 Å². The van der Waals surface area contributed by atoms with Gasteiger partial charge in [0.25, 0.3) is 0 Å². The summed E-state index contributed by atoms with van der Waals surface area (Å²) in [5, 5.41) is 53.8. The Hall–Kier alpha value is -9.60. The number of amides is 16. The fraction of sp³-hybridized carbons (Fsp3) is 0.747. The normalized spacial score (nSPS) is 31.4. The summed E-state index contributed by atoms with van der Waals surface area (Å²) < 4.78 is 55.8. The third-order valence-corrected chi connectivity index (χ3v) is 30.7. The molecule has 42 nitrogen and oxygen atoms in total. The summed E-state index contributed by atoms with van der Waals surface area (Å²) in [7, 11) is -8.02. The van der Waals surface area contributed by atoms with Gasteiger partial charge in [0.05, 0.1) is 46.4 Å². The van der Waals surface area contributed by atoms with E-state index in [4.69, 9.17) is 0 Å². The van der Waals surface area contributed by atoms with Crippen LogP contribution in [0.5, 0.6) is 0 Å². The predicted molar refractivity (Wildman–Crippen MR) is 476 cm³/mol. The highest BCUT2D eigenvalue weighted by Crippen LogP contribution is 2.35. The molecule has 8 aliphatic heterocycles. The van der Waals surface area contributed by atoms with Crippen LogP contribution in [0.3, 0.4) is 0 Å². The van der Waals surface area contributed by atoms with Crippen molar-refractivity contribution >= 4 is 115 Å². The van der Waals surface area contributed by atoms with Crippen LogP contribution in [0.2, 0.25) is 0 Å². The molecule has 0 radical (unpaired) electrons. The van der Waals surface area contributed by atoms with E-state index in [1.54, 1.807) is 36.9 Å². The van der Waals surface area contributed by atoms with E-state index in [1.807, 2.05) is 13.8 Å². The number of nitrogens with zero attached hydrogens (tertiary/aromatic N) is 4. The van der Waals surface area contributed by atoms with Crippen LogP contribution in [-0.4, -0.2) is 321 Å². The van der Waals surface area contributed by atoms with E-state index in [-0.39, 0.29) is 200 Å². The summed E-state index contributed by atoms with van der Waals surface area (Å²) >= 11 is 0. The molecule has 0 bridgehead atoms. The van der Waals surface area contributed by atoms with Crippen LogP contribution < -0.4 is 95.7 Å². The molecular formula is C87H136N22O20S2. The zero-order chi connectivity index (χ0) is 94.7. The number of sulfonamides is 2. The van der Waals surface area contributed by atoms with E-state index in [0.29, 0.717) is 142 Å². The van der Waals surface area contributed by atoms with Crippen molar-refractivity contribution in [1.82, 2.24) is 114 Å². The Balaban J connectivity index is 0.000000261. The van der Waals surface area contributed by atoms with Gasteiger partial charge in [-0.3, -0.25) is 76.7 Å². The zero-order valence-corrected chi connectivity index (χ0v) is 78.1. The van der Waals surface area contributed by atoms with Gasteiger partial charge in [0, 0.05) is 177 Å². The molecule has 0 aromatic heterocycles. The van der Waals surface area contributed by atoms with Gasteiger partial charge in [-0.2, -0.15) is 8.61 Å². The lowest BCUT2D eigenvalue weighted by molar-refractivity contribution is -0.140. The van der Waals surface area contributed by atoms with Crippen LogP contribution in [0.4, 0.5) is 0 Å². The lowest BCUT2D eigenvalue weighted by atomic mass is 10.0. The largest absolute Gasteiger partial charge is 0.354 e. The molecule has 1 aromatic carbocycles. The number of likely N-dealkylation sites (tertiary alicyclic amines) is 2. The van der Waals surface area contributed by atoms with Gasteiger partial charge in [-0.25, -0.2) is 16.8 Å². The van der Waals surface area contributed by atoms with Crippen molar-refractivity contribution in [3.05, 3.63) is 30.3 Å². The van der Waals surface area contributed by atoms with Gasteiger partial charge >= 0.3 is 0 Å². The van der Waals surface area contributed by atoms with Crippen molar-refractivity contribution < 1.29 is 93.5 Å². The van der Waals surface area contributed by atoms with Crippen LogP contribution in [-0.2, 0) is 96.8 Å². The second kappa shape index (κ2) is 43.6. The molecule has 44 heteroatoms. The summed E-state index contributed by atoms with van der Waals surface area (Å²) in [5.74, 6) is -5.26. The molecule has 0 unspecified atom stereocenters. The van der Waals surface area contributed by atoms with Gasteiger partial charge in [-0.1, -0.05) is 18.2 Å². The third kappa shape index (κ3) is 26.9. The molecule has 8 saturated heterocycles. The van der Waals surface area contributed by atoms with E-state index in [0.717, 1.165) is 21.3 Å². The Morgan fingerprint density at radius 1 is 0.336 bits per heavy atom. The Morgan fingerprint density at radius 3 is 1.05 bits per heavy atom. The van der Waals surface area contributed by atoms with Crippen LogP contribution in [0, 0.1) is 23.7 Å². The van der Waals surface area contributed by atoms with Gasteiger partial charge < -0.3 is 106 Å². The first-order valence-corrected chi connectivity index (χ1v) is 49.9. The van der Waals surface area contributed by atoms with Gasteiger partial charge in [0.15, 0.2) is 0 Å². The minimum atomic E-state index is -4.17. The number of hydrogen-bond donors (Lipinski definition) is 18. The van der Waals surface area contributed by atoms with Crippen molar-refractivity contribution in [3.8, 4) is 0 Å². The van der Waals surface area contributed by atoms with Crippen molar-refractivity contribution in [2.75, 3.05) is 71.7 Å². The molecule has 131 heavy (non-hydrogen) atoms. The average molecular weight is 1870 g/mol.